The van der Waals surface area contributed by atoms with Gasteiger partial charge in [0.2, 0.25) is 0 Å². The fourth-order valence-corrected chi connectivity index (χ4v) is 2.74. The minimum absolute atomic E-state index is 0. The number of rotatable bonds is 3. The van der Waals surface area contributed by atoms with E-state index in [2.05, 4.69) is 0 Å². The Hall–Kier alpha value is -1.26. The van der Waals surface area contributed by atoms with Gasteiger partial charge in [0.25, 0.3) is 5.91 Å². The zero-order chi connectivity index (χ0) is 13.8. The summed E-state index contributed by atoms with van der Waals surface area (Å²) >= 11 is 0. The minimum atomic E-state index is -0.0700. The maximum Gasteiger partial charge on any atom is 0.257 e. The molecule has 1 aromatic rings. The third kappa shape index (κ3) is 3.64. The molecule has 0 aromatic heterocycles. The average Bonchev–Trinajstić information content (AvgIpc) is 2.42. The molecule has 112 valence electrons. The van der Waals surface area contributed by atoms with Crippen LogP contribution in [0.25, 0.3) is 0 Å². The Bertz CT molecular complexity index is 463. The quantitative estimate of drug-likeness (QED) is 0.901. The van der Waals surface area contributed by atoms with Gasteiger partial charge in [0.05, 0.1) is 5.56 Å². The number of carbonyl (C=O) groups is 1. The van der Waals surface area contributed by atoms with E-state index in [1.165, 1.54) is 0 Å². The van der Waals surface area contributed by atoms with E-state index in [9.17, 15) is 9.90 Å². The fraction of sp³-hybridized carbons (Fsp3) is 0.533. The number of benzene rings is 1. The van der Waals surface area contributed by atoms with Gasteiger partial charge in [-0.1, -0.05) is 11.6 Å². The minimum Gasteiger partial charge on any atom is -0.507 e. The summed E-state index contributed by atoms with van der Waals surface area (Å²) in [6.45, 7) is 3.27. The van der Waals surface area contributed by atoms with Crippen molar-refractivity contribution in [1.82, 2.24) is 4.90 Å². The summed E-state index contributed by atoms with van der Waals surface area (Å²) in [6, 6.07) is 5.36. The van der Waals surface area contributed by atoms with Crippen molar-refractivity contribution in [3.8, 4) is 5.75 Å². The zero-order valence-electron chi connectivity index (χ0n) is 11.8. The highest BCUT2D eigenvalue weighted by Crippen LogP contribution is 2.25. The lowest BCUT2D eigenvalue weighted by molar-refractivity contribution is 0.0602. The van der Waals surface area contributed by atoms with Crippen LogP contribution in [-0.4, -0.2) is 35.0 Å². The Morgan fingerprint density at radius 3 is 2.90 bits per heavy atom. The van der Waals surface area contributed by atoms with Crippen molar-refractivity contribution in [3.63, 3.8) is 0 Å². The first-order valence-corrected chi connectivity index (χ1v) is 6.94. The molecule has 1 amide bonds. The van der Waals surface area contributed by atoms with Crippen LogP contribution in [0.15, 0.2) is 18.2 Å². The lowest BCUT2D eigenvalue weighted by Gasteiger charge is -2.36. The van der Waals surface area contributed by atoms with Crippen molar-refractivity contribution in [2.45, 2.75) is 38.6 Å². The number of likely N-dealkylation sites (tertiary alicyclic amines) is 1. The van der Waals surface area contributed by atoms with Crippen LogP contribution in [-0.2, 0) is 0 Å². The molecule has 2 rings (SSSR count). The van der Waals surface area contributed by atoms with E-state index in [0.717, 1.165) is 37.8 Å². The fourth-order valence-electron chi connectivity index (χ4n) is 2.74. The summed E-state index contributed by atoms with van der Waals surface area (Å²) in [7, 11) is 0. The van der Waals surface area contributed by atoms with E-state index in [1.807, 2.05) is 11.8 Å². The summed E-state index contributed by atoms with van der Waals surface area (Å²) < 4.78 is 0. The van der Waals surface area contributed by atoms with E-state index >= 15 is 0 Å². The van der Waals surface area contributed by atoms with Gasteiger partial charge in [-0.2, -0.15) is 0 Å². The third-order valence-corrected chi connectivity index (χ3v) is 3.77. The molecule has 0 bridgehead atoms. The molecular formula is C15H23ClN2O2. The van der Waals surface area contributed by atoms with Crippen LogP contribution >= 0.6 is 12.4 Å². The zero-order valence-corrected chi connectivity index (χ0v) is 12.7. The second kappa shape index (κ2) is 7.50. The SMILES string of the molecule is Cc1ccc(O)c(C(=O)N2CCCCC2CCN)c1.Cl. The van der Waals surface area contributed by atoms with Crippen LogP contribution in [0.1, 0.15) is 41.6 Å². The van der Waals surface area contributed by atoms with Gasteiger partial charge in [-0.15, -0.1) is 12.4 Å². The van der Waals surface area contributed by atoms with Crippen molar-refractivity contribution in [2.75, 3.05) is 13.1 Å². The van der Waals surface area contributed by atoms with Crippen molar-refractivity contribution in [2.24, 2.45) is 5.73 Å². The number of amides is 1. The molecule has 1 saturated heterocycles. The van der Waals surface area contributed by atoms with Gasteiger partial charge in [0, 0.05) is 12.6 Å². The van der Waals surface area contributed by atoms with Crippen molar-refractivity contribution in [1.29, 1.82) is 0 Å². The summed E-state index contributed by atoms with van der Waals surface area (Å²) in [6.07, 6.45) is 4.02. The highest BCUT2D eigenvalue weighted by molar-refractivity contribution is 5.97. The topological polar surface area (TPSA) is 66.6 Å². The number of hydrogen-bond donors (Lipinski definition) is 2. The Morgan fingerprint density at radius 2 is 2.20 bits per heavy atom. The van der Waals surface area contributed by atoms with Gasteiger partial charge in [-0.3, -0.25) is 4.79 Å². The molecule has 1 aliphatic heterocycles. The Labute approximate surface area is 126 Å². The van der Waals surface area contributed by atoms with Gasteiger partial charge >= 0.3 is 0 Å². The molecule has 0 saturated carbocycles. The van der Waals surface area contributed by atoms with Gasteiger partial charge in [-0.25, -0.2) is 0 Å². The number of aryl methyl sites for hydroxylation is 1. The van der Waals surface area contributed by atoms with Gasteiger partial charge in [-0.05, 0) is 51.3 Å². The second-order valence-electron chi connectivity index (χ2n) is 5.25. The van der Waals surface area contributed by atoms with Crippen LogP contribution in [0.3, 0.4) is 0 Å². The smallest absolute Gasteiger partial charge is 0.257 e. The highest BCUT2D eigenvalue weighted by Gasteiger charge is 2.28. The van der Waals surface area contributed by atoms with Crippen molar-refractivity contribution in [3.05, 3.63) is 29.3 Å². The van der Waals surface area contributed by atoms with E-state index in [4.69, 9.17) is 5.73 Å². The van der Waals surface area contributed by atoms with Gasteiger partial charge in [0.1, 0.15) is 5.75 Å². The maximum absolute atomic E-state index is 12.6. The van der Waals surface area contributed by atoms with Crippen LogP contribution < -0.4 is 5.73 Å². The van der Waals surface area contributed by atoms with Crippen LogP contribution in [0, 0.1) is 6.92 Å². The van der Waals surface area contributed by atoms with E-state index in [1.54, 1.807) is 18.2 Å². The van der Waals surface area contributed by atoms with Crippen LogP contribution in [0.5, 0.6) is 5.75 Å². The number of carbonyl (C=O) groups excluding carboxylic acids is 1. The Kier molecular flexibility index (Phi) is 6.30. The molecule has 0 spiro atoms. The number of aromatic hydroxyl groups is 1. The maximum atomic E-state index is 12.6. The normalized spacial score (nSPS) is 18.5. The first kappa shape index (κ1) is 16.8. The lowest BCUT2D eigenvalue weighted by atomic mass is 9.97. The summed E-state index contributed by atoms with van der Waals surface area (Å²) in [5.74, 6) is -0.00739. The first-order valence-electron chi connectivity index (χ1n) is 6.94. The predicted molar refractivity (Wildman–Crippen MR) is 82.4 cm³/mol. The molecule has 1 atom stereocenters. The van der Waals surface area contributed by atoms with Crippen molar-refractivity contribution < 1.29 is 9.90 Å². The molecule has 0 aliphatic carbocycles. The number of phenols is 1. The molecule has 1 fully saturated rings. The Morgan fingerprint density at radius 1 is 1.45 bits per heavy atom. The highest BCUT2D eigenvalue weighted by atomic mass is 35.5. The molecule has 5 heteroatoms. The number of halogens is 1. The van der Waals surface area contributed by atoms with E-state index < -0.39 is 0 Å². The molecular weight excluding hydrogens is 276 g/mol. The van der Waals surface area contributed by atoms with E-state index in [-0.39, 0.29) is 30.1 Å². The summed E-state index contributed by atoms with van der Waals surface area (Å²) in [5, 5.41) is 9.88. The van der Waals surface area contributed by atoms with Crippen molar-refractivity contribution >= 4 is 18.3 Å². The molecule has 0 radical (unpaired) electrons. The molecule has 4 nitrogen and oxygen atoms in total. The monoisotopic (exact) mass is 298 g/mol. The number of phenolic OH excluding ortho intramolecular Hbond substituents is 1. The number of piperidine rings is 1. The molecule has 1 unspecified atom stereocenters. The number of nitrogens with zero attached hydrogens (tertiary/aromatic N) is 1. The van der Waals surface area contributed by atoms with Gasteiger partial charge in [0.15, 0.2) is 0 Å². The lowest BCUT2D eigenvalue weighted by Crippen LogP contribution is -2.44. The first-order chi connectivity index (χ1) is 9.13. The third-order valence-electron chi connectivity index (χ3n) is 3.77. The molecule has 3 N–H and O–H groups in total. The number of hydrogen-bond acceptors (Lipinski definition) is 3. The standard InChI is InChI=1S/C15H22N2O2.ClH/c1-11-5-6-14(18)13(10-11)15(19)17-9-3-2-4-12(17)7-8-16;/h5-6,10,12,18H,2-4,7-9,16H2,1H3;1H. The summed E-state index contributed by atoms with van der Waals surface area (Å²) in [4.78, 5) is 14.5. The van der Waals surface area contributed by atoms with Crippen LogP contribution in [0.2, 0.25) is 0 Å². The largest absolute Gasteiger partial charge is 0.507 e. The van der Waals surface area contributed by atoms with E-state index in [0.29, 0.717) is 12.1 Å². The molecule has 1 heterocycles. The predicted octanol–water partition coefficient (Wildman–Crippen LogP) is 2.47. The number of nitrogens with two attached hydrogens (primary N) is 1. The average molecular weight is 299 g/mol. The molecule has 1 aliphatic rings. The summed E-state index contributed by atoms with van der Waals surface area (Å²) in [5.41, 5.74) is 7.01. The molecule has 20 heavy (non-hydrogen) atoms. The van der Waals surface area contributed by atoms with Gasteiger partial charge < -0.3 is 15.7 Å². The molecule has 1 aromatic carbocycles. The second-order valence-corrected chi connectivity index (χ2v) is 5.25. The Balaban J connectivity index is 0.00000200. The van der Waals surface area contributed by atoms with Crippen LogP contribution in [0.4, 0.5) is 0 Å².